The van der Waals surface area contributed by atoms with Gasteiger partial charge in [0.25, 0.3) is 0 Å². The van der Waals surface area contributed by atoms with Crippen LogP contribution in [0.5, 0.6) is 0 Å². The van der Waals surface area contributed by atoms with Crippen molar-refractivity contribution >= 4 is 35.0 Å². The zero-order chi connectivity index (χ0) is 15.2. The maximum Gasteiger partial charge on any atom is 0.228 e. The Labute approximate surface area is 126 Å². The molecule has 0 saturated carbocycles. The highest BCUT2D eigenvalue weighted by Gasteiger charge is 2.06. The molecule has 2 N–H and O–H groups in total. The summed E-state index contributed by atoms with van der Waals surface area (Å²) in [6.45, 7) is 1.40. The van der Waals surface area contributed by atoms with E-state index < -0.39 is 0 Å². The van der Waals surface area contributed by atoms with Crippen LogP contribution in [0.25, 0.3) is 0 Å². The van der Waals surface area contributed by atoms with Crippen molar-refractivity contribution in [1.29, 1.82) is 5.26 Å². The van der Waals surface area contributed by atoms with Gasteiger partial charge in [-0.25, -0.2) is 9.97 Å². The first-order valence-corrected chi connectivity index (χ1v) is 7.30. The second-order valence-electron chi connectivity index (χ2n) is 4.10. The number of thioether (sulfide) groups is 1. The lowest BCUT2D eigenvalue weighted by Gasteiger charge is -2.09. The smallest absolute Gasteiger partial charge is 0.228 e. The van der Waals surface area contributed by atoms with Crippen molar-refractivity contribution in [3.63, 3.8) is 0 Å². The van der Waals surface area contributed by atoms with Gasteiger partial charge in [-0.3, -0.25) is 4.79 Å². The average Bonchev–Trinajstić information content (AvgIpc) is 2.48. The van der Waals surface area contributed by atoms with Crippen molar-refractivity contribution in [2.75, 3.05) is 16.9 Å². The summed E-state index contributed by atoms with van der Waals surface area (Å²) >= 11 is 1.52. The standard InChI is InChI=1S/C14H13N5OS/c1-9(20)17-12-4-3-11(7-10(12)8-15)18-14-16-6-5-13(19-14)21-2/h3-7H,1-2H3,(H,17,20)(H,16,18,19). The topological polar surface area (TPSA) is 90.7 Å². The van der Waals surface area contributed by atoms with Crippen LogP contribution in [0.1, 0.15) is 12.5 Å². The Balaban J connectivity index is 2.25. The average molecular weight is 299 g/mol. The van der Waals surface area contributed by atoms with E-state index in [4.69, 9.17) is 5.26 Å². The summed E-state index contributed by atoms with van der Waals surface area (Å²) < 4.78 is 0. The van der Waals surface area contributed by atoms with Gasteiger partial charge in [0.05, 0.1) is 11.3 Å². The van der Waals surface area contributed by atoms with Crippen molar-refractivity contribution in [2.45, 2.75) is 11.9 Å². The molecule has 0 aliphatic rings. The van der Waals surface area contributed by atoms with E-state index in [1.807, 2.05) is 12.3 Å². The van der Waals surface area contributed by atoms with Crippen LogP contribution < -0.4 is 10.6 Å². The molecule has 0 aliphatic carbocycles. The van der Waals surface area contributed by atoms with Crippen molar-refractivity contribution in [1.82, 2.24) is 9.97 Å². The van der Waals surface area contributed by atoms with Crippen LogP contribution in [-0.2, 0) is 4.79 Å². The van der Waals surface area contributed by atoms with E-state index in [2.05, 4.69) is 26.7 Å². The third-order valence-corrected chi connectivity index (χ3v) is 3.19. The lowest BCUT2D eigenvalue weighted by atomic mass is 10.1. The number of amides is 1. The molecule has 0 aliphatic heterocycles. The van der Waals surface area contributed by atoms with Gasteiger partial charge >= 0.3 is 0 Å². The fourth-order valence-corrected chi connectivity index (χ4v) is 2.03. The summed E-state index contributed by atoms with van der Waals surface area (Å²) in [4.78, 5) is 19.5. The monoisotopic (exact) mass is 299 g/mol. The molecule has 1 amide bonds. The molecule has 0 atom stereocenters. The molecule has 0 spiro atoms. The molecule has 106 valence electrons. The predicted molar refractivity (Wildman–Crippen MR) is 82.6 cm³/mol. The van der Waals surface area contributed by atoms with Gasteiger partial charge in [0.2, 0.25) is 11.9 Å². The van der Waals surface area contributed by atoms with Crippen LogP contribution in [0.2, 0.25) is 0 Å². The molecule has 1 heterocycles. The summed E-state index contributed by atoms with van der Waals surface area (Å²) in [7, 11) is 0. The number of nitrogens with zero attached hydrogens (tertiary/aromatic N) is 3. The van der Waals surface area contributed by atoms with E-state index in [1.165, 1.54) is 18.7 Å². The number of benzene rings is 1. The molecular weight excluding hydrogens is 286 g/mol. The van der Waals surface area contributed by atoms with Gasteiger partial charge in [0.15, 0.2) is 0 Å². The SMILES string of the molecule is CSc1ccnc(Nc2ccc(NC(C)=O)c(C#N)c2)n1. The van der Waals surface area contributed by atoms with Crippen molar-refractivity contribution in [2.24, 2.45) is 0 Å². The Morgan fingerprint density at radius 1 is 1.38 bits per heavy atom. The molecule has 0 unspecified atom stereocenters. The van der Waals surface area contributed by atoms with Crippen LogP contribution in [0.3, 0.4) is 0 Å². The number of rotatable bonds is 4. The first-order chi connectivity index (χ1) is 10.1. The van der Waals surface area contributed by atoms with Crippen LogP contribution in [0, 0.1) is 11.3 Å². The molecule has 2 aromatic rings. The molecule has 2 rings (SSSR count). The van der Waals surface area contributed by atoms with Gasteiger partial charge in [0, 0.05) is 18.8 Å². The predicted octanol–water partition coefficient (Wildman–Crippen LogP) is 2.77. The first kappa shape index (κ1) is 14.8. The van der Waals surface area contributed by atoms with Gasteiger partial charge in [0.1, 0.15) is 11.1 Å². The quantitative estimate of drug-likeness (QED) is 0.666. The largest absolute Gasteiger partial charge is 0.325 e. The highest BCUT2D eigenvalue weighted by Crippen LogP contribution is 2.22. The maximum atomic E-state index is 11.1. The van der Waals surface area contributed by atoms with Crippen molar-refractivity contribution < 1.29 is 4.79 Å². The molecule has 0 saturated heterocycles. The molecule has 0 radical (unpaired) electrons. The number of hydrogen-bond acceptors (Lipinski definition) is 6. The summed E-state index contributed by atoms with van der Waals surface area (Å²) in [5.74, 6) is 0.237. The van der Waals surface area contributed by atoms with Crippen LogP contribution >= 0.6 is 11.8 Å². The number of hydrogen-bond donors (Lipinski definition) is 2. The highest BCUT2D eigenvalue weighted by atomic mass is 32.2. The maximum absolute atomic E-state index is 11.1. The molecule has 0 bridgehead atoms. The lowest BCUT2D eigenvalue weighted by molar-refractivity contribution is -0.114. The first-order valence-electron chi connectivity index (χ1n) is 6.08. The third kappa shape index (κ3) is 3.94. The number of aromatic nitrogens is 2. The van der Waals surface area contributed by atoms with E-state index in [-0.39, 0.29) is 5.91 Å². The van der Waals surface area contributed by atoms with Gasteiger partial charge in [-0.2, -0.15) is 5.26 Å². The Kier molecular flexibility index (Phi) is 4.74. The summed E-state index contributed by atoms with van der Waals surface area (Å²) in [6.07, 6.45) is 3.60. The summed E-state index contributed by atoms with van der Waals surface area (Å²) in [5, 5.41) is 15.6. The Bertz CT molecular complexity index is 711. The van der Waals surface area contributed by atoms with Gasteiger partial charge in [-0.1, -0.05) is 0 Å². The van der Waals surface area contributed by atoms with E-state index in [0.29, 0.717) is 22.9 Å². The van der Waals surface area contributed by atoms with Gasteiger partial charge in [-0.05, 0) is 30.5 Å². The van der Waals surface area contributed by atoms with E-state index in [0.717, 1.165) is 5.03 Å². The normalized spacial score (nSPS) is 9.76. The van der Waals surface area contributed by atoms with Crippen LogP contribution in [-0.4, -0.2) is 22.1 Å². The minimum absolute atomic E-state index is 0.219. The molecule has 7 heteroatoms. The molecule has 6 nitrogen and oxygen atoms in total. The second kappa shape index (κ2) is 6.72. The number of carbonyl (C=O) groups is 1. The lowest BCUT2D eigenvalue weighted by Crippen LogP contribution is -2.07. The minimum Gasteiger partial charge on any atom is -0.325 e. The van der Waals surface area contributed by atoms with Crippen molar-refractivity contribution in [3.05, 3.63) is 36.0 Å². The van der Waals surface area contributed by atoms with Crippen molar-refractivity contribution in [3.8, 4) is 6.07 Å². The van der Waals surface area contributed by atoms with Gasteiger partial charge in [-0.15, -0.1) is 11.8 Å². The summed E-state index contributed by atoms with van der Waals surface area (Å²) in [5.41, 5.74) is 1.53. The Morgan fingerprint density at radius 3 is 2.86 bits per heavy atom. The van der Waals surface area contributed by atoms with Gasteiger partial charge < -0.3 is 10.6 Å². The number of nitrogens with one attached hydrogen (secondary N) is 2. The summed E-state index contributed by atoms with van der Waals surface area (Å²) in [6, 6.07) is 8.92. The molecule has 1 aromatic heterocycles. The fraction of sp³-hybridized carbons (Fsp3) is 0.143. The molecular formula is C14H13N5OS. The van der Waals surface area contributed by atoms with E-state index in [9.17, 15) is 4.79 Å². The minimum atomic E-state index is -0.219. The van der Waals surface area contributed by atoms with Crippen LogP contribution in [0.4, 0.5) is 17.3 Å². The zero-order valence-corrected chi connectivity index (χ0v) is 12.4. The molecule has 21 heavy (non-hydrogen) atoms. The number of anilines is 3. The Morgan fingerprint density at radius 2 is 2.19 bits per heavy atom. The number of nitriles is 1. The van der Waals surface area contributed by atoms with E-state index in [1.54, 1.807) is 24.4 Å². The van der Waals surface area contributed by atoms with E-state index >= 15 is 0 Å². The fourth-order valence-electron chi connectivity index (χ4n) is 1.66. The third-order valence-electron chi connectivity index (χ3n) is 2.55. The highest BCUT2D eigenvalue weighted by molar-refractivity contribution is 7.98. The molecule has 1 aromatic carbocycles. The number of carbonyl (C=O) groups excluding carboxylic acids is 1. The Hall–Kier alpha value is -2.59. The zero-order valence-electron chi connectivity index (χ0n) is 11.5. The molecule has 0 fully saturated rings. The second-order valence-corrected chi connectivity index (χ2v) is 4.93. The van der Waals surface area contributed by atoms with Crippen LogP contribution in [0.15, 0.2) is 35.5 Å².